The van der Waals surface area contributed by atoms with Gasteiger partial charge < -0.3 is 5.73 Å². The summed E-state index contributed by atoms with van der Waals surface area (Å²) in [5.41, 5.74) is 8.07. The van der Waals surface area contributed by atoms with Gasteiger partial charge >= 0.3 is 0 Å². The minimum absolute atomic E-state index is 0.180. The van der Waals surface area contributed by atoms with Crippen molar-refractivity contribution >= 4 is 15.7 Å². The Kier molecular flexibility index (Phi) is 3.87. The van der Waals surface area contributed by atoms with Gasteiger partial charge in [0.15, 0.2) is 0 Å². The predicted octanol–water partition coefficient (Wildman–Crippen LogP) is 2.06. The van der Waals surface area contributed by atoms with Crippen LogP contribution in [0.15, 0.2) is 53.4 Å². The summed E-state index contributed by atoms with van der Waals surface area (Å²) in [7, 11) is -3.52. The van der Waals surface area contributed by atoms with Gasteiger partial charge in [-0.05, 0) is 30.7 Å². The van der Waals surface area contributed by atoms with Crippen LogP contribution < -0.4 is 10.5 Å². The van der Waals surface area contributed by atoms with E-state index in [9.17, 15) is 8.42 Å². The Bertz CT molecular complexity index is 664. The van der Waals surface area contributed by atoms with E-state index in [4.69, 9.17) is 5.73 Å². The molecule has 0 radical (unpaired) electrons. The van der Waals surface area contributed by atoms with Crippen molar-refractivity contribution in [1.82, 2.24) is 4.72 Å². The van der Waals surface area contributed by atoms with Crippen molar-refractivity contribution in [3.63, 3.8) is 0 Å². The molecule has 0 bridgehead atoms. The van der Waals surface area contributed by atoms with E-state index in [-0.39, 0.29) is 11.4 Å². The smallest absolute Gasteiger partial charge is 0.240 e. The van der Waals surface area contributed by atoms with Crippen molar-refractivity contribution < 1.29 is 8.42 Å². The molecule has 0 heterocycles. The standard InChI is InChI=1S/C14H16N2O2S/c1-11-5-7-12(8-6-11)10-16-19(17,18)14-4-2-3-13(15)9-14/h2-9,16H,10,15H2,1H3. The Morgan fingerprint density at radius 1 is 1.11 bits per heavy atom. The van der Waals surface area contributed by atoms with Gasteiger partial charge in [-0.1, -0.05) is 35.9 Å². The molecule has 0 aromatic heterocycles. The molecule has 2 rings (SSSR count). The van der Waals surface area contributed by atoms with E-state index in [1.165, 1.54) is 12.1 Å². The average molecular weight is 276 g/mol. The summed E-state index contributed by atoms with van der Waals surface area (Å²) >= 11 is 0. The van der Waals surface area contributed by atoms with Crippen LogP contribution in [0.2, 0.25) is 0 Å². The number of aryl methyl sites for hydroxylation is 1. The Labute approximate surface area is 113 Å². The molecular formula is C14H16N2O2S. The van der Waals surface area contributed by atoms with Crippen LogP contribution in [0.1, 0.15) is 11.1 Å². The molecule has 0 unspecified atom stereocenters. The zero-order valence-corrected chi connectivity index (χ0v) is 11.4. The van der Waals surface area contributed by atoms with Crippen molar-refractivity contribution in [2.75, 3.05) is 5.73 Å². The monoisotopic (exact) mass is 276 g/mol. The SMILES string of the molecule is Cc1ccc(CNS(=O)(=O)c2cccc(N)c2)cc1. The summed E-state index contributed by atoms with van der Waals surface area (Å²) in [6, 6.07) is 13.9. The number of sulfonamides is 1. The highest BCUT2D eigenvalue weighted by molar-refractivity contribution is 7.89. The molecule has 5 heteroatoms. The maximum Gasteiger partial charge on any atom is 0.240 e. The molecule has 3 N–H and O–H groups in total. The third-order valence-electron chi connectivity index (χ3n) is 2.76. The van der Waals surface area contributed by atoms with E-state index in [1.807, 2.05) is 31.2 Å². The Morgan fingerprint density at radius 3 is 2.42 bits per heavy atom. The first kappa shape index (κ1) is 13.6. The van der Waals surface area contributed by atoms with E-state index in [1.54, 1.807) is 12.1 Å². The molecule has 4 nitrogen and oxygen atoms in total. The van der Waals surface area contributed by atoms with Crippen molar-refractivity contribution in [1.29, 1.82) is 0 Å². The number of anilines is 1. The Balaban J connectivity index is 2.12. The number of benzene rings is 2. The molecule has 0 spiro atoms. The number of hydrogen-bond acceptors (Lipinski definition) is 3. The normalized spacial score (nSPS) is 11.4. The zero-order valence-electron chi connectivity index (χ0n) is 10.6. The zero-order chi connectivity index (χ0) is 13.9. The van der Waals surface area contributed by atoms with Gasteiger partial charge in [0.05, 0.1) is 4.90 Å². The number of rotatable bonds is 4. The van der Waals surface area contributed by atoms with Gasteiger partial charge in [-0.3, -0.25) is 0 Å². The average Bonchev–Trinajstić information content (AvgIpc) is 2.38. The second kappa shape index (κ2) is 5.42. The van der Waals surface area contributed by atoms with Crippen molar-refractivity contribution in [3.05, 3.63) is 59.7 Å². The van der Waals surface area contributed by atoms with Gasteiger partial charge in [0, 0.05) is 12.2 Å². The second-order valence-corrected chi connectivity index (χ2v) is 6.15. The fraction of sp³-hybridized carbons (Fsp3) is 0.143. The minimum atomic E-state index is -3.52. The van der Waals surface area contributed by atoms with Gasteiger partial charge in [-0.15, -0.1) is 0 Å². The first-order chi connectivity index (χ1) is 8.97. The number of hydrogen-bond donors (Lipinski definition) is 2. The molecule has 0 aliphatic heterocycles. The third kappa shape index (κ3) is 3.56. The number of nitrogen functional groups attached to an aromatic ring is 1. The summed E-state index contributed by atoms with van der Waals surface area (Å²) in [4.78, 5) is 0.180. The van der Waals surface area contributed by atoms with Crippen molar-refractivity contribution in [2.45, 2.75) is 18.4 Å². The molecule has 0 aliphatic rings. The Hall–Kier alpha value is -1.85. The topological polar surface area (TPSA) is 72.2 Å². The minimum Gasteiger partial charge on any atom is -0.399 e. The highest BCUT2D eigenvalue weighted by Gasteiger charge is 2.13. The van der Waals surface area contributed by atoms with Gasteiger partial charge in [0.1, 0.15) is 0 Å². The molecule has 2 aromatic carbocycles. The first-order valence-corrected chi connectivity index (χ1v) is 7.36. The predicted molar refractivity (Wildman–Crippen MR) is 76.1 cm³/mol. The van der Waals surface area contributed by atoms with Crippen LogP contribution in [0.5, 0.6) is 0 Å². The lowest BCUT2D eigenvalue weighted by atomic mass is 10.2. The van der Waals surface area contributed by atoms with Gasteiger partial charge in [-0.2, -0.15) is 0 Å². The summed E-state index contributed by atoms with van der Waals surface area (Å²) < 4.78 is 26.7. The summed E-state index contributed by atoms with van der Waals surface area (Å²) in [5.74, 6) is 0. The molecule has 0 aliphatic carbocycles. The van der Waals surface area contributed by atoms with Crippen LogP contribution in [0.25, 0.3) is 0 Å². The third-order valence-corrected chi connectivity index (χ3v) is 4.15. The molecule has 0 saturated heterocycles. The van der Waals surface area contributed by atoms with Crippen LogP contribution in [-0.4, -0.2) is 8.42 Å². The van der Waals surface area contributed by atoms with E-state index in [2.05, 4.69) is 4.72 Å². The molecule has 100 valence electrons. The molecule has 0 amide bonds. The van der Waals surface area contributed by atoms with Crippen LogP contribution >= 0.6 is 0 Å². The molecule has 0 atom stereocenters. The fourth-order valence-corrected chi connectivity index (χ4v) is 2.72. The van der Waals surface area contributed by atoms with Gasteiger partial charge in [0.25, 0.3) is 0 Å². The van der Waals surface area contributed by atoms with E-state index in [0.29, 0.717) is 5.69 Å². The maximum atomic E-state index is 12.1. The second-order valence-electron chi connectivity index (χ2n) is 4.38. The summed E-state index contributed by atoms with van der Waals surface area (Å²) in [6.07, 6.45) is 0. The largest absolute Gasteiger partial charge is 0.399 e. The molecule has 0 fully saturated rings. The van der Waals surface area contributed by atoms with Gasteiger partial charge in [-0.25, -0.2) is 13.1 Å². The van der Waals surface area contributed by atoms with Crippen LogP contribution in [-0.2, 0) is 16.6 Å². The van der Waals surface area contributed by atoms with Crippen molar-refractivity contribution in [3.8, 4) is 0 Å². The molecular weight excluding hydrogens is 260 g/mol. The molecule has 2 aromatic rings. The molecule has 19 heavy (non-hydrogen) atoms. The lowest BCUT2D eigenvalue weighted by Gasteiger charge is -2.07. The lowest BCUT2D eigenvalue weighted by molar-refractivity contribution is 0.581. The quantitative estimate of drug-likeness (QED) is 0.840. The highest BCUT2D eigenvalue weighted by Crippen LogP contribution is 2.13. The lowest BCUT2D eigenvalue weighted by Crippen LogP contribution is -2.23. The highest BCUT2D eigenvalue weighted by atomic mass is 32.2. The summed E-state index contributed by atoms with van der Waals surface area (Å²) in [5, 5.41) is 0. The van der Waals surface area contributed by atoms with Gasteiger partial charge in [0.2, 0.25) is 10.0 Å². The van der Waals surface area contributed by atoms with Crippen LogP contribution in [0.4, 0.5) is 5.69 Å². The maximum absolute atomic E-state index is 12.1. The fourth-order valence-electron chi connectivity index (χ4n) is 1.65. The van der Waals surface area contributed by atoms with E-state index >= 15 is 0 Å². The first-order valence-electron chi connectivity index (χ1n) is 5.88. The Morgan fingerprint density at radius 2 is 1.79 bits per heavy atom. The number of nitrogens with two attached hydrogens (primary N) is 1. The van der Waals surface area contributed by atoms with Crippen LogP contribution in [0.3, 0.4) is 0 Å². The van der Waals surface area contributed by atoms with E-state index < -0.39 is 10.0 Å². The van der Waals surface area contributed by atoms with Crippen molar-refractivity contribution in [2.24, 2.45) is 0 Å². The van der Waals surface area contributed by atoms with Crippen LogP contribution in [0, 0.1) is 6.92 Å². The summed E-state index contributed by atoms with van der Waals surface area (Å²) in [6.45, 7) is 2.25. The number of nitrogens with one attached hydrogen (secondary N) is 1. The molecule has 0 saturated carbocycles. The van der Waals surface area contributed by atoms with E-state index in [0.717, 1.165) is 11.1 Å².